The molecule has 0 N–H and O–H groups in total. The van der Waals surface area contributed by atoms with Gasteiger partial charge in [-0.1, -0.05) is 27.7 Å². The molecule has 0 radical (unpaired) electrons. The van der Waals surface area contributed by atoms with E-state index in [9.17, 15) is 4.79 Å². The second kappa shape index (κ2) is 7.66. The van der Waals surface area contributed by atoms with E-state index in [-0.39, 0.29) is 5.91 Å². The fourth-order valence-electron chi connectivity index (χ4n) is 1.84. The molecule has 3 heteroatoms. The molecule has 0 aromatic heterocycles. The highest BCUT2D eigenvalue weighted by Crippen LogP contribution is 2.01. The van der Waals surface area contributed by atoms with E-state index in [2.05, 4.69) is 39.6 Å². The SMILES string of the molecule is CC(C)CN(C)CCC(=O)N(C)CC(C)C. The van der Waals surface area contributed by atoms with E-state index in [0.29, 0.717) is 18.3 Å². The van der Waals surface area contributed by atoms with Gasteiger partial charge in [0.1, 0.15) is 0 Å². The van der Waals surface area contributed by atoms with E-state index in [1.807, 2.05) is 11.9 Å². The molecule has 0 aliphatic heterocycles. The molecule has 0 bridgehead atoms. The maximum atomic E-state index is 11.8. The molecule has 0 aromatic carbocycles. The maximum Gasteiger partial charge on any atom is 0.223 e. The number of hydrogen-bond acceptors (Lipinski definition) is 2. The van der Waals surface area contributed by atoms with Gasteiger partial charge in [0.2, 0.25) is 5.91 Å². The Morgan fingerprint density at radius 1 is 1.00 bits per heavy atom. The zero-order valence-electron chi connectivity index (χ0n) is 11.8. The van der Waals surface area contributed by atoms with Gasteiger partial charge in [0, 0.05) is 33.1 Å². The van der Waals surface area contributed by atoms with E-state index in [4.69, 9.17) is 0 Å². The standard InChI is InChI=1S/C13H28N2O/c1-11(2)9-14(5)8-7-13(16)15(6)10-12(3)4/h11-12H,7-10H2,1-6H3. The predicted octanol–water partition coefficient (Wildman–Crippen LogP) is 2.08. The van der Waals surface area contributed by atoms with Crippen LogP contribution in [0.5, 0.6) is 0 Å². The first-order chi connectivity index (χ1) is 7.32. The van der Waals surface area contributed by atoms with Gasteiger partial charge in [-0.05, 0) is 18.9 Å². The van der Waals surface area contributed by atoms with Crippen molar-refractivity contribution in [3.8, 4) is 0 Å². The van der Waals surface area contributed by atoms with Crippen LogP contribution in [0, 0.1) is 11.8 Å². The van der Waals surface area contributed by atoms with Gasteiger partial charge in [-0.25, -0.2) is 0 Å². The van der Waals surface area contributed by atoms with Gasteiger partial charge in [0.15, 0.2) is 0 Å². The van der Waals surface area contributed by atoms with Crippen molar-refractivity contribution in [2.75, 3.05) is 33.7 Å². The molecule has 16 heavy (non-hydrogen) atoms. The highest BCUT2D eigenvalue weighted by Gasteiger charge is 2.11. The molecule has 0 unspecified atom stereocenters. The van der Waals surface area contributed by atoms with Crippen LogP contribution in [0.25, 0.3) is 0 Å². The summed E-state index contributed by atoms with van der Waals surface area (Å²) in [6.07, 6.45) is 0.631. The summed E-state index contributed by atoms with van der Waals surface area (Å²) in [5.74, 6) is 1.46. The van der Waals surface area contributed by atoms with Crippen LogP contribution >= 0.6 is 0 Å². The lowest BCUT2D eigenvalue weighted by atomic mass is 10.2. The molecule has 0 aliphatic rings. The predicted molar refractivity (Wildman–Crippen MR) is 69.4 cm³/mol. The monoisotopic (exact) mass is 228 g/mol. The molecule has 0 heterocycles. The van der Waals surface area contributed by atoms with Crippen molar-refractivity contribution in [1.82, 2.24) is 9.80 Å². The van der Waals surface area contributed by atoms with Gasteiger partial charge in [-0.2, -0.15) is 0 Å². The first kappa shape index (κ1) is 15.4. The van der Waals surface area contributed by atoms with Crippen LogP contribution in [0.15, 0.2) is 0 Å². The normalized spacial score (nSPS) is 11.6. The first-order valence-corrected chi connectivity index (χ1v) is 6.25. The third-order valence-electron chi connectivity index (χ3n) is 2.45. The minimum absolute atomic E-state index is 0.254. The molecular formula is C13H28N2O. The Morgan fingerprint density at radius 2 is 1.50 bits per heavy atom. The van der Waals surface area contributed by atoms with E-state index in [0.717, 1.165) is 19.6 Å². The Bertz CT molecular complexity index is 202. The Kier molecular flexibility index (Phi) is 7.39. The number of nitrogens with zero attached hydrogens (tertiary/aromatic N) is 2. The van der Waals surface area contributed by atoms with Crippen LogP contribution in [0.1, 0.15) is 34.1 Å². The van der Waals surface area contributed by atoms with Crippen LogP contribution < -0.4 is 0 Å². The summed E-state index contributed by atoms with van der Waals surface area (Å²) < 4.78 is 0. The summed E-state index contributed by atoms with van der Waals surface area (Å²) in [6, 6.07) is 0. The minimum atomic E-state index is 0.254. The number of carbonyl (C=O) groups is 1. The molecule has 0 fully saturated rings. The van der Waals surface area contributed by atoms with Gasteiger partial charge in [-0.15, -0.1) is 0 Å². The second-order valence-electron chi connectivity index (χ2n) is 5.57. The average Bonchev–Trinajstić information content (AvgIpc) is 2.11. The largest absolute Gasteiger partial charge is 0.345 e. The van der Waals surface area contributed by atoms with Crippen molar-refractivity contribution in [3.63, 3.8) is 0 Å². The van der Waals surface area contributed by atoms with Gasteiger partial charge < -0.3 is 9.80 Å². The van der Waals surface area contributed by atoms with Crippen LogP contribution in [0.3, 0.4) is 0 Å². The molecule has 0 aliphatic carbocycles. The number of carbonyl (C=O) groups excluding carboxylic acids is 1. The van der Waals surface area contributed by atoms with Gasteiger partial charge in [0.25, 0.3) is 0 Å². The maximum absolute atomic E-state index is 11.8. The lowest BCUT2D eigenvalue weighted by molar-refractivity contribution is -0.130. The molecule has 0 atom stereocenters. The zero-order chi connectivity index (χ0) is 12.7. The van der Waals surface area contributed by atoms with E-state index >= 15 is 0 Å². The number of hydrogen-bond donors (Lipinski definition) is 0. The Morgan fingerprint density at radius 3 is 1.94 bits per heavy atom. The molecule has 0 saturated carbocycles. The Balaban J connectivity index is 3.79. The van der Waals surface area contributed by atoms with Crippen LogP contribution in [-0.2, 0) is 4.79 Å². The zero-order valence-corrected chi connectivity index (χ0v) is 11.8. The van der Waals surface area contributed by atoms with E-state index < -0.39 is 0 Å². The Labute approximate surface area is 101 Å². The summed E-state index contributed by atoms with van der Waals surface area (Å²) >= 11 is 0. The van der Waals surface area contributed by atoms with Crippen molar-refractivity contribution in [1.29, 1.82) is 0 Å². The van der Waals surface area contributed by atoms with Crippen molar-refractivity contribution in [3.05, 3.63) is 0 Å². The highest BCUT2D eigenvalue weighted by molar-refractivity contribution is 5.76. The topological polar surface area (TPSA) is 23.6 Å². The molecule has 0 aromatic rings. The Hall–Kier alpha value is -0.570. The van der Waals surface area contributed by atoms with Gasteiger partial charge in [-0.3, -0.25) is 4.79 Å². The molecule has 3 nitrogen and oxygen atoms in total. The number of amides is 1. The first-order valence-electron chi connectivity index (χ1n) is 6.25. The van der Waals surface area contributed by atoms with E-state index in [1.54, 1.807) is 0 Å². The fraction of sp³-hybridized carbons (Fsp3) is 0.923. The smallest absolute Gasteiger partial charge is 0.223 e. The second-order valence-corrected chi connectivity index (χ2v) is 5.57. The molecule has 96 valence electrons. The lowest BCUT2D eigenvalue weighted by Crippen LogP contribution is -2.33. The van der Waals surface area contributed by atoms with Crippen LogP contribution in [0.4, 0.5) is 0 Å². The summed E-state index contributed by atoms with van der Waals surface area (Å²) in [5.41, 5.74) is 0. The average molecular weight is 228 g/mol. The molecule has 0 spiro atoms. The molecular weight excluding hydrogens is 200 g/mol. The highest BCUT2D eigenvalue weighted by atomic mass is 16.2. The fourth-order valence-corrected chi connectivity index (χ4v) is 1.84. The van der Waals surface area contributed by atoms with Crippen LogP contribution in [-0.4, -0.2) is 49.4 Å². The number of rotatable bonds is 7. The summed E-state index contributed by atoms with van der Waals surface area (Å²) in [7, 11) is 3.97. The summed E-state index contributed by atoms with van der Waals surface area (Å²) in [6.45, 7) is 11.4. The van der Waals surface area contributed by atoms with Crippen molar-refractivity contribution in [2.45, 2.75) is 34.1 Å². The minimum Gasteiger partial charge on any atom is -0.345 e. The summed E-state index contributed by atoms with van der Waals surface area (Å²) in [4.78, 5) is 15.8. The van der Waals surface area contributed by atoms with Crippen molar-refractivity contribution in [2.24, 2.45) is 11.8 Å². The van der Waals surface area contributed by atoms with Crippen molar-refractivity contribution >= 4 is 5.91 Å². The molecule has 0 rings (SSSR count). The van der Waals surface area contributed by atoms with E-state index in [1.165, 1.54) is 0 Å². The van der Waals surface area contributed by atoms with Crippen molar-refractivity contribution < 1.29 is 4.79 Å². The van der Waals surface area contributed by atoms with Gasteiger partial charge in [0.05, 0.1) is 0 Å². The van der Waals surface area contributed by atoms with Gasteiger partial charge >= 0.3 is 0 Å². The quantitative estimate of drug-likeness (QED) is 0.666. The third-order valence-corrected chi connectivity index (χ3v) is 2.45. The third kappa shape index (κ3) is 7.69. The lowest BCUT2D eigenvalue weighted by Gasteiger charge is -2.22. The molecule has 1 amide bonds. The molecule has 0 saturated heterocycles. The van der Waals surface area contributed by atoms with Crippen LogP contribution in [0.2, 0.25) is 0 Å². The summed E-state index contributed by atoms with van der Waals surface area (Å²) in [5, 5.41) is 0.